The zero-order valence-electron chi connectivity index (χ0n) is 19.2. The molecule has 0 bridgehead atoms. The molecule has 1 aromatic rings. The van der Waals surface area contributed by atoms with E-state index in [0.717, 1.165) is 58.1 Å². The molecule has 2 heterocycles. The minimum Gasteiger partial charge on any atom is -0.477 e. The Labute approximate surface area is 194 Å². The number of hydrogen-bond acceptors (Lipinski definition) is 8. The van der Waals surface area contributed by atoms with Crippen molar-refractivity contribution in [3.05, 3.63) is 54.5 Å². The number of hydrogen-bond donors (Lipinski definition) is 3. The van der Waals surface area contributed by atoms with E-state index in [1.165, 1.54) is 12.1 Å². The first kappa shape index (κ1) is 26.3. The molecule has 1 aromatic heterocycles. The van der Waals surface area contributed by atoms with Crippen LogP contribution >= 0.6 is 0 Å². The summed E-state index contributed by atoms with van der Waals surface area (Å²) in [5.74, 6) is -2.13. The summed E-state index contributed by atoms with van der Waals surface area (Å²) < 4.78 is 0. The largest absolute Gasteiger partial charge is 0.477 e. The van der Waals surface area contributed by atoms with Crippen LogP contribution in [0.3, 0.4) is 0 Å². The van der Waals surface area contributed by atoms with Crippen LogP contribution in [0.15, 0.2) is 48.1 Å². The molecule has 0 amide bonds. The van der Waals surface area contributed by atoms with Gasteiger partial charge in [0, 0.05) is 71.1 Å². The number of nitrogens with zero attached hydrogens (tertiary/aromatic N) is 5. The van der Waals surface area contributed by atoms with E-state index in [-0.39, 0.29) is 11.4 Å². The van der Waals surface area contributed by atoms with Crippen molar-refractivity contribution >= 4 is 17.7 Å². The molecule has 180 valence electrons. The molecule has 1 aliphatic rings. The number of rotatable bonds is 8. The number of likely N-dealkylation sites (N-methyl/N-ethyl adjacent to an activating group) is 1. The number of carbonyl (C=O) groups is 2. The number of aromatic carboxylic acids is 1. The van der Waals surface area contributed by atoms with Crippen molar-refractivity contribution < 1.29 is 19.8 Å². The van der Waals surface area contributed by atoms with Crippen molar-refractivity contribution in [3.8, 4) is 0 Å². The lowest BCUT2D eigenvalue weighted by molar-refractivity contribution is -0.129. The minimum atomic E-state index is -1.12. The maximum atomic E-state index is 11.2. The van der Waals surface area contributed by atoms with E-state index in [1.54, 1.807) is 6.07 Å². The van der Waals surface area contributed by atoms with Crippen molar-refractivity contribution in [2.45, 2.75) is 6.54 Å². The minimum absolute atomic E-state index is 0.0617. The van der Waals surface area contributed by atoms with Crippen LogP contribution in [0.25, 0.3) is 0 Å². The molecule has 0 saturated carbocycles. The molecule has 0 aliphatic carbocycles. The summed E-state index contributed by atoms with van der Waals surface area (Å²) in [5.41, 5.74) is 1.19. The van der Waals surface area contributed by atoms with Gasteiger partial charge in [0.25, 0.3) is 0 Å². The number of aromatic nitrogens is 1. The predicted octanol–water partition coefficient (Wildman–Crippen LogP) is 0.644. The molecule has 33 heavy (non-hydrogen) atoms. The van der Waals surface area contributed by atoms with Gasteiger partial charge in [-0.1, -0.05) is 19.2 Å². The lowest BCUT2D eigenvalue weighted by Crippen LogP contribution is -2.44. The monoisotopic (exact) mass is 458 g/mol. The van der Waals surface area contributed by atoms with Crippen LogP contribution in [0.5, 0.6) is 0 Å². The van der Waals surface area contributed by atoms with Gasteiger partial charge < -0.3 is 20.4 Å². The van der Waals surface area contributed by atoms with E-state index < -0.39 is 11.9 Å². The Morgan fingerprint density at radius 2 is 1.79 bits per heavy atom. The number of carboxylic acid groups (broad SMARTS) is 2. The van der Waals surface area contributed by atoms with Gasteiger partial charge in [-0.25, -0.2) is 19.6 Å². The molecular weight excluding hydrogens is 424 g/mol. The van der Waals surface area contributed by atoms with E-state index in [2.05, 4.69) is 50.2 Å². The first-order valence-corrected chi connectivity index (χ1v) is 10.9. The van der Waals surface area contributed by atoms with Crippen LogP contribution < -0.4 is 5.32 Å². The highest BCUT2D eigenvalue weighted by molar-refractivity contribution is 6.40. The highest BCUT2D eigenvalue weighted by Gasteiger charge is 2.14. The Morgan fingerprint density at radius 3 is 2.42 bits per heavy atom. The van der Waals surface area contributed by atoms with Gasteiger partial charge in [-0.3, -0.25) is 9.80 Å². The normalized spacial score (nSPS) is 18.2. The summed E-state index contributed by atoms with van der Waals surface area (Å²) in [6.45, 7) is 14.9. The molecule has 10 nitrogen and oxygen atoms in total. The topological polar surface area (TPSA) is 122 Å². The first-order valence-electron chi connectivity index (χ1n) is 10.9. The molecule has 1 fully saturated rings. The predicted molar refractivity (Wildman–Crippen MR) is 128 cm³/mol. The van der Waals surface area contributed by atoms with Crippen molar-refractivity contribution in [1.82, 2.24) is 25.0 Å². The van der Waals surface area contributed by atoms with Gasteiger partial charge in [-0.2, -0.15) is 0 Å². The molecule has 0 unspecified atom stereocenters. The molecule has 0 atom stereocenters. The van der Waals surface area contributed by atoms with Gasteiger partial charge in [0.15, 0.2) is 0 Å². The molecule has 0 aromatic carbocycles. The van der Waals surface area contributed by atoms with Gasteiger partial charge >= 0.3 is 11.9 Å². The number of pyridine rings is 1. The lowest BCUT2D eigenvalue weighted by Gasteiger charge is -2.29. The summed E-state index contributed by atoms with van der Waals surface area (Å²) >= 11 is 0. The van der Waals surface area contributed by atoms with E-state index in [0.29, 0.717) is 18.8 Å². The fourth-order valence-electron chi connectivity index (χ4n) is 3.44. The van der Waals surface area contributed by atoms with Gasteiger partial charge in [0.2, 0.25) is 0 Å². The second-order valence-corrected chi connectivity index (χ2v) is 8.00. The van der Waals surface area contributed by atoms with E-state index in [4.69, 9.17) is 5.11 Å². The van der Waals surface area contributed by atoms with Crippen LogP contribution in [0.2, 0.25) is 0 Å². The summed E-state index contributed by atoms with van der Waals surface area (Å²) in [4.78, 5) is 37.4. The lowest BCUT2D eigenvalue weighted by atomic mass is 10.2. The highest BCUT2D eigenvalue weighted by atomic mass is 16.4. The zero-order valence-corrected chi connectivity index (χ0v) is 19.2. The Hall–Kier alpha value is -2.92. The van der Waals surface area contributed by atoms with Crippen molar-refractivity contribution in [3.63, 3.8) is 0 Å². The maximum Gasteiger partial charge on any atom is 0.354 e. The fraction of sp³-hybridized carbons (Fsp3) is 0.478. The highest BCUT2D eigenvalue weighted by Crippen LogP contribution is 2.06. The van der Waals surface area contributed by atoms with Gasteiger partial charge in [-0.05, 0) is 25.3 Å². The second-order valence-electron chi connectivity index (χ2n) is 8.00. The molecule has 2 rings (SSSR count). The smallest absolute Gasteiger partial charge is 0.354 e. The molecular formula is C23H34N6O4. The first-order chi connectivity index (χ1) is 15.8. The number of aliphatic carboxylic acids is 1. The number of nitrogens with one attached hydrogen (secondary N) is 1. The van der Waals surface area contributed by atoms with Gasteiger partial charge in [0.05, 0.1) is 5.69 Å². The summed E-state index contributed by atoms with van der Waals surface area (Å²) in [7, 11) is 2.07. The average molecular weight is 459 g/mol. The third-order valence-corrected chi connectivity index (χ3v) is 5.31. The Bertz CT molecular complexity index is 872. The summed E-state index contributed by atoms with van der Waals surface area (Å²) in [6, 6.07) is 5.09. The van der Waals surface area contributed by atoms with Crippen LogP contribution in [-0.2, 0) is 11.3 Å². The Kier molecular flexibility index (Phi) is 10.8. The third-order valence-electron chi connectivity index (χ3n) is 5.31. The molecule has 0 spiro atoms. The number of carboxylic acids is 2. The molecule has 1 aliphatic heterocycles. The van der Waals surface area contributed by atoms with Crippen molar-refractivity contribution in [2.24, 2.45) is 4.99 Å². The molecule has 1 saturated heterocycles. The van der Waals surface area contributed by atoms with E-state index >= 15 is 0 Å². The van der Waals surface area contributed by atoms with Crippen molar-refractivity contribution in [1.29, 1.82) is 0 Å². The molecule has 0 radical (unpaired) electrons. The SMILES string of the molecule is C=CC(=NC(=C)CN1CCNCCN(Cc2cccc(C(=O)O)n2)CCN(C)CC1)C(=O)O. The van der Waals surface area contributed by atoms with Gasteiger partial charge in [-0.15, -0.1) is 0 Å². The quantitative estimate of drug-likeness (QED) is 0.482. The number of aliphatic imine (C=N–C) groups is 1. The van der Waals surface area contributed by atoms with E-state index in [1.807, 2.05) is 6.07 Å². The van der Waals surface area contributed by atoms with Gasteiger partial charge in [0.1, 0.15) is 11.4 Å². The Balaban J connectivity index is 1.94. The van der Waals surface area contributed by atoms with Crippen molar-refractivity contribution in [2.75, 3.05) is 66.0 Å². The molecule has 3 N–H and O–H groups in total. The Morgan fingerprint density at radius 1 is 1.12 bits per heavy atom. The standard InChI is InChI=1S/C23H34N6O4/c1-4-20(22(30)31)25-18(2)16-28-10-8-24-9-11-29(15-13-27(3)12-14-28)17-19-6-5-7-21(26-19)23(32)33/h4-7,24H,1-2,8-17H2,3H3,(H,30,31)(H,32,33). The summed E-state index contributed by atoms with van der Waals surface area (Å²) in [5, 5.41) is 21.7. The zero-order chi connectivity index (χ0) is 24.2. The van der Waals surface area contributed by atoms with Crippen LogP contribution in [-0.4, -0.2) is 113 Å². The van der Waals surface area contributed by atoms with Crippen LogP contribution in [0.1, 0.15) is 16.2 Å². The summed E-state index contributed by atoms with van der Waals surface area (Å²) in [6.07, 6.45) is 1.22. The maximum absolute atomic E-state index is 11.2. The van der Waals surface area contributed by atoms with Crippen LogP contribution in [0.4, 0.5) is 0 Å². The fourth-order valence-corrected chi connectivity index (χ4v) is 3.44. The van der Waals surface area contributed by atoms with Crippen LogP contribution in [0, 0.1) is 0 Å². The third kappa shape index (κ3) is 9.62. The second kappa shape index (κ2) is 13.6. The molecule has 10 heteroatoms. The average Bonchev–Trinajstić information content (AvgIpc) is 2.77. The van der Waals surface area contributed by atoms with E-state index in [9.17, 15) is 14.7 Å².